The molecule has 0 bridgehead atoms. The van der Waals surface area contributed by atoms with Gasteiger partial charge in [0.2, 0.25) is 5.91 Å². The average Bonchev–Trinajstić information content (AvgIpc) is 2.40. The molecule has 1 aromatic rings. The molecule has 0 radical (unpaired) electrons. The lowest BCUT2D eigenvalue weighted by molar-refractivity contribution is -0.117. The maximum atomic E-state index is 12.2. The van der Waals surface area contributed by atoms with Gasteiger partial charge in [0.15, 0.2) is 0 Å². The molecule has 0 aliphatic rings. The molecule has 0 spiro atoms. The van der Waals surface area contributed by atoms with Crippen LogP contribution in [0.25, 0.3) is 0 Å². The van der Waals surface area contributed by atoms with Crippen LogP contribution in [0.1, 0.15) is 19.4 Å². The molecule has 0 fully saturated rings. The predicted molar refractivity (Wildman–Crippen MR) is 89.5 cm³/mol. The van der Waals surface area contributed by atoms with Crippen molar-refractivity contribution >= 4 is 17.3 Å². The van der Waals surface area contributed by atoms with Crippen molar-refractivity contribution < 1.29 is 4.79 Å². The first-order valence-corrected chi connectivity index (χ1v) is 7.38. The number of nitrogens with one attached hydrogen (secondary N) is 1. The van der Waals surface area contributed by atoms with Crippen molar-refractivity contribution in [2.75, 3.05) is 44.8 Å². The Hall–Kier alpha value is -1.59. The van der Waals surface area contributed by atoms with Crippen LogP contribution in [0.15, 0.2) is 18.2 Å². The first kappa shape index (κ1) is 17.5. The summed E-state index contributed by atoms with van der Waals surface area (Å²) in [5.41, 5.74) is 8.26. The molecular formula is C16H28N4O. The van der Waals surface area contributed by atoms with Gasteiger partial charge in [-0.1, -0.05) is 13.0 Å². The molecule has 1 atom stereocenters. The normalized spacial score (nSPS) is 12.7. The molecule has 21 heavy (non-hydrogen) atoms. The van der Waals surface area contributed by atoms with Gasteiger partial charge in [0.05, 0.1) is 6.54 Å². The molecule has 0 heterocycles. The number of rotatable bonds is 7. The highest BCUT2D eigenvalue weighted by Crippen LogP contribution is 2.20. The molecule has 3 N–H and O–H groups in total. The van der Waals surface area contributed by atoms with Gasteiger partial charge in [-0.2, -0.15) is 0 Å². The SMILES string of the molecule is CCN(CC(=O)Nc1cccc(N)c1C)C(C)CN(C)C. The minimum atomic E-state index is -0.00356. The zero-order chi connectivity index (χ0) is 16.0. The molecule has 0 saturated heterocycles. The minimum absolute atomic E-state index is 0.00356. The Bertz CT molecular complexity index is 473. The van der Waals surface area contributed by atoms with Crippen molar-refractivity contribution in [3.63, 3.8) is 0 Å². The fourth-order valence-corrected chi connectivity index (χ4v) is 2.39. The van der Waals surface area contributed by atoms with E-state index in [1.807, 2.05) is 39.2 Å². The first-order valence-electron chi connectivity index (χ1n) is 7.38. The first-order chi connectivity index (χ1) is 9.85. The third-order valence-electron chi connectivity index (χ3n) is 3.66. The number of carbonyl (C=O) groups is 1. The minimum Gasteiger partial charge on any atom is -0.398 e. The number of anilines is 2. The standard InChI is InChI=1S/C16H28N4O/c1-6-20(12(2)10-19(4)5)11-16(21)18-15-9-7-8-14(17)13(15)3/h7-9,12H,6,10-11,17H2,1-5H3,(H,18,21). The number of hydrogen-bond acceptors (Lipinski definition) is 4. The lowest BCUT2D eigenvalue weighted by Crippen LogP contribution is -2.43. The Morgan fingerprint density at radius 3 is 2.62 bits per heavy atom. The second-order valence-electron chi connectivity index (χ2n) is 5.74. The fourth-order valence-electron chi connectivity index (χ4n) is 2.39. The molecule has 0 aliphatic heterocycles. The molecule has 1 amide bonds. The van der Waals surface area contributed by atoms with Gasteiger partial charge in [-0.3, -0.25) is 9.69 Å². The van der Waals surface area contributed by atoms with Crippen LogP contribution in [0.2, 0.25) is 0 Å². The zero-order valence-corrected chi connectivity index (χ0v) is 13.8. The Kier molecular flexibility index (Phi) is 6.65. The van der Waals surface area contributed by atoms with E-state index in [4.69, 9.17) is 5.73 Å². The van der Waals surface area contributed by atoms with Gasteiger partial charge in [0, 0.05) is 24.0 Å². The summed E-state index contributed by atoms with van der Waals surface area (Å²) in [6.45, 7) is 8.29. The number of nitrogen functional groups attached to an aromatic ring is 1. The highest BCUT2D eigenvalue weighted by atomic mass is 16.2. The van der Waals surface area contributed by atoms with Gasteiger partial charge in [0.1, 0.15) is 0 Å². The number of nitrogens with zero attached hydrogens (tertiary/aromatic N) is 2. The van der Waals surface area contributed by atoms with Crippen molar-refractivity contribution in [3.8, 4) is 0 Å². The summed E-state index contributed by atoms with van der Waals surface area (Å²) >= 11 is 0. The molecule has 1 unspecified atom stereocenters. The molecule has 0 aliphatic carbocycles. The van der Waals surface area contributed by atoms with E-state index in [2.05, 4.69) is 29.0 Å². The van der Waals surface area contributed by atoms with Crippen molar-refractivity contribution in [3.05, 3.63) is 23.8 Å². The van der Waals surface area contributed by atoms with Gasteiger partial charge in [0.25, 0.3) is 0 Å². The van der Waals surface area contributed by atoms with E-state index in [9.17, 15) is 4.79 Å². The number of amides is 1. The van der Waals surface area contributed by atoms with Crippen LogP contribution in [0.4, 0.5) is 11.4 Å². The summed E-state index contributed by atoms with van der Waals surface area (Å²) in [6, 6.07) is 5.90. The number of nitrogens with two attached hydrogens (primary N) is 1. The third-order valence-corrected chi connectivity index (χ3v) is 3.66. The van der Waals surface area contributed by atoms with E-state index in [1.54, 1.807) is 0 Å². The summed E-state index contributed by atoms with van der Waals surface area (Å²) in [5, 5.41) is 2.95. The molecular weight excluding hydrogens is 264 g/mol. The van der Waals surface area contributed by atoms with Gasteiger partial charge >= 0.3 is 0 Å². The fraction of sp³-hybridized carbons (Fsp3) is 0.562. The second kappa shape index (κ2) is 8.00. The number of hydrogen-bond donors (Lipinski definition) is 2. The van der Waals surface area contributed by atoms with Crippen LogP contribution in [-0.2, 0) is 4.79 Å². The van der Waals surface area contributed by atoms with Gasteiger partial charge in [-0.15, -0.1) is 0 Å². The Morgan fingerprint density at radius 2 is 2.05 bits per heavy atom. The van der Waals surface area contributed by atoms with Gasteiger partial charge < -0.3 is 16.0 Å². The van der Waals surface area contributed by atoms with Crippen LogP contribution in [0, 0.1) is 6.92 Å². The third kappa shape index (κ3) is 5.36. The van der Waals surface area contributed by atoms with E-state index in [0.29, 0.717) is 18.3 Å². The predicted octanol–water partition coefficient (Wildman–Crippen LogP) is 1.79. The van der Waals surface area contributed by atoms with E-state index in [-0.39, 0.29) is 5.91 Å². The number of carbonyl (C=O) groups excluding carboxylic acids is 1. The summed E-state index contributed by atoms with van der Waals surface area (Å²) in [4.78, 5) is 16.5. The van der Waals surface area contributed by atoms with Crippen LogP contribution in [0.5, 0.6) is 0 Å². The van der Waals surface area contributed by atoms with Gasteiger partial charge in [-0.05, 0) is 52.2 Å². The lowest BCUT2D eigenvalue weighted by atomic mass is 10.1. The number of benzene rings is 1. The molecule has 1 aromatic carbocycles. The van der Waals surface area contributed by atoms with Crippen molar-refractivity contribution in [2.45, 2.75) is 26.8 Å². The van der Waals surface area contributed by atoms with Crippen molar-refractivity contribution in [1.82, 2.24) is 9.80 Å². The van der Waals surface area contributed by atoms with Crippen LogP contribution < -0.4 is 11.1 Å². The Labute approximate surface area is 128 Å². The van der Waals surface area contributed by atoms with Crippen LogP contribution in [-0.4, -0.2) is 55.5 Å². The monoisotopic (exact) mass is 292 g/mol. The molecule has 5 heteroatoms. The highest BCUT2D eigenvalue weighted by Gasteiger charge is 2.16. The summed E-state index contributed by atoms with van der Waals surface area (Å²) in [5.74, 6) is -0.00356. The van der Waals surface area contributed by atoms with E-state index in [0.717, 1.165) is 24.3 Å². The molecule has 118 valence electrons. The molecule has 0 aromatic heterocycles. The van der Waals surface area contributed by atoms with E-state index < -0.39 is 0 Å². The Morgan fingerprint density at radius 1 is 1.38 bits per heavy atom. The highest BCUT2D eigenvalue weighted by molar-refractivity contribution is 5.93. The topological polar surface area (TPSA) is 61.6 Å². The maximum absolute atomic E-state index is 12.2. The molecule has 1 rings (SSSR count). The zero-order valence-electron chi connectivity index (χ0n) is 13.8. The smallest absolute Gasteiger partial charge is 0.238 e. The average molecular weight is 292 g/mol. The molecule has 0 saturated carbocycles. The van der Waals surface area contributed by atoms with E-state index in [1.165, 1.54) is 0 Å². The summed E-state index contributed by atoms with van der Waals surface area (Å²) in [7, 11) is 4.08. The van der Waals surface area contributed by atoms with E-state index >= 15 is 0 Å². The quantitative estimate of drug-likeness (QED) is 0.752. The largest absolute Gasteiger partial charge is 0.398 e. The van der Waals surface area contributed by atoms with Crippen LogP contribution >= 0.6 is 0 Å². The van der Waals surface area contributed by atoms with Gasteiger partial charge in [-0.25, -0.2) is 0 Å². The van der Waals surface area contributed by atoms with Crippen molar-refractivity contribution in [2.24, 2.45) is 0 Å². The maximum Gasteiger partial charge on any atom is 0.238 e. The second-order valence-corrected chi connectivity index (χ2v) is 5.74. The number of likely N-dealkylation sites (N-methyl/N-ethyl adjacent to an activating group) is 2. The summed E-state index contributed by atoms with van der Waals surface area (Å²) in [6.07, 6.45) is 0. The van der Waals surface area contributed by atoms with Crippen molar-refractivity contribution in [1.29, 1.82) is 0 Å². The van der Waals surface area contributed by atoms with Crippen LogP contribution in [0.3, 0.4) is 0 Å². The summed E-state index contributed by atoms with van der Waals surface area (Å²) < 4.78 is 0. The Balaban J connectivity index is 2.65. The lowest BCUT2D eigenvalue weighted by Gasteiger charge is -2.29. The molecule has 5 nitrogen and oxygen atoms in total.